The summed E-state index contributed by atoms with van der Waals surface area (Å²) in [6, 6.07) is 17.2. The Bertz CT molecular complexity index is 784. The van der Waals surface area contributed by atoms with Crippen molar-refractivity contribution in [3.8, 4) is 5.75 Å². The number of nitrogens with one attached hydrogen (secondary N) is 1. The minimum atomic E-state index is -0.906. The molecule has 2 unspecified atom stereocenters. The fraction of sp³-hybridized carbons (Fsp3) is 0.391. The first-order valence-electron chi connectivity index (χ1n) is 9.85. The molecular formula is C23H27NO4. The second-order valence-electron chi connectivity index (χ2n) is 7.29. The third kappa shape index (κ3) is 5.35. The molecule has 0 aliphatic heterocycles. The van der Waals surface area contributed by atoms with Crippen molar-refractivity contribution in [3.63, 3.8) is 0 Å². The molecule has 0 bridgehead atoms. The highest BCUT2D eigenvalue weighted by atomic mass is 16.5. The largest absolute Gasteiger partial charge is 0.494 e. The van der Waals surface area contributed by atoms with Gasteiger partial charge in [0.25, 0.3) is 0 Å². The number of amides is 1. The average molecular weight is 381 g/mol. The van der Waals surface area contributed by atoms with E-state index >= 15 is 0 Å². The summed E-state index contributed by atoms with van der Waals surface area (Å²) < 4.78 is 5.42. The fourth-order valence-electron chi connectivity index (χ4n) is 3.48. The van der Waals surface area contributed by atoms with Crippen molar-refractivity contribution >= 4 is 11.9 Å². The fourth-order valence-corrected chi connectivity index (χ4v) is 3.48. The molecule has 1 aliphatic rings. The van der Waals surface area contributed by atoms with Crippen LogP contribution in [0, 0.1) is 11.8 Å². The van der Waals surface area contributed by atoms with Crippen molar-refractivity contribution in [2.24, 2.45) is 11.8 Å². The molecule has 0 saturated heterocycles. The molecule has 1 saturated carbocycles. The summed E-state index contributed by atoms with van der Waals surface area (Å²) in [7, 11) is 0. The molecule has 0 radical (unpaired) electrons. The molecule has 148 valence electrons. The Labute approximate surface area is 165 Å². The van der Waals surface area contributed by atoms with Crippen molar-refractivity contribution in [2.75, 3.05) is 13.2 Å². The lowest BCUT2D eigenvalue weighted by Gasteiger charge is -2.19. The molecule has 1 amide bonds. The third-order valence-electron chi connectivity index (χ3n) is 5.12. The van der Waals surface area contributed by atoms with Crippen LogP contribution in [-0.2, 0) is 16.0 Å². The van der Waals surface area contributed by atoms with Crippen molar-refractivity contribution in [1.29, 1.82) is 0 Å². The highest BCUT2D eigenvalue weighted by Gasteiger charge is 2.37. The van der Waals surface area contributed by atoms with Gasteiger partial charge < -0.3 is 15.2 Å². The van der Waals surface area contributed by atoms with Gasteiger partial charge in [0.1, 0.15) is 5.75 Å². The maximum Gasteiger partial charge on any atom is 0.308 e. The average Bonchev–Trinajstić information content (AvgIpc) is 3.52. The SMILES string of the molecule is CCOc1ccc(CC(CNC(=O)C(c2ccccc2)C2CC2)C(=O)O)cc1. The molecule has 2 aromatic carbocycles. The van der Waals surface area contributed by atoms with E-state index in [9.17, 15) is 14.7 Å². The first-order chi connectivity index (χ1) is 13.6. The van der Waals surface area contributed by atoms with Gasteiger partial charge in [-0.1, -0.05) is 42.5 Å². The van der Waals surface area contributed by atoms with Gasteiger partial charge in [0, 0.05) is 6.54 Å². The molecule has 28 heavy (non-hydrogen) atoms. The van der Waals surface area contributed by atoms with Gasteiger partial charge in [-0.3, -0.25) is 9.59 Å². The van der Waals surface area contributed by atoms with Crippen LogP contribution in [0.15, 0.2) is 54.6 Å². The van der Waals surface area contributed by atoms with Gasteiger partial charge in [-0.25, -0.2) is 0 Å². The number of hydrogen-bond acceptors (Lipinski definition) is 3. The Morgan fingerprint density at radius 2 is 1.79 bits per heavy atom. The highest BCUT2D eigenvalue weighted by Crippen LogP contribution is 2.42. The van der Waals surface area contributed by atoms with Crippen LogP contribution in [-0.4, -0.2) is 30.1 Å². The number of benzene rings is 2. The van der Waals surface area contributed by atoms with Crippen molar-refractivity contribution in [1.82, 2.24) is 5.32 Å². The number of carboxylic acids is 1. The third-order valence-corrected chi connectivity index (χ3v) is 5.12. The van der Waals surface area contributed by atoms with Crippen LogP contribution in [0.1, 0.15) is 36.8 Å². The highest BCUT2D eigenvalue weighted by molar-refractivity contribution is 5.85. The molecule has 0 heterocycles. The minimum absolute atomic E-state index is 0.0772. The van der Waals surface area contributed by atoms with Crippen LogP contribution in [0.25, 0.3) is 0 Å². The molecule has 1 aliphatic carbocycles. The lowest BCUT2D eigenvalue weighted by molar-refractivity contribution is -0.141. The Morgan fingerprint density at radius 1 is 1.11 bits per heavy atom. The summed E-state index contributed by atoms with van der Waals surface area (Å²) in [4.78, 5) is 24.5. The van der Waals surface area contributed by atoms with E-state index in [4.69, 9.17) is 4.74 Å². The predicted molar refractivity (Wildman–Crippen MR) is 107 cm³/mol. The van der Waals surface area contributed by atoms with Gasteiger partial charge in [-0.15, -0.1) is 0 Å². The lowest BCUT2D eigenvalue weighted by atomic mass is 9.92. The van der Waals surface area contributed by atoms with E-state index in [1.807, 2.05) is 61.5 Å². The van der Waals surface area contributed by atoms with Crippen molar-refractivity contribution in [2.45, 2.75) is 32.1 Å². The number of carboxylic acid groups (broad SMARTS) is 1. The van der Waals surface area contributed by atoms with Crippen LogP contribution < -0.4 is 10.1 Å². The number of carbonyl (C=O) groups excluding carboxylic acids is 1. The van der Waals surface area contributed by atoms with Gasteiger partial charge >= 0.3 is 5.97 Å². The molecule has 2 N–H and O–H groups in total. The molecule has 3 rings (SSSR count). The monoisotopic (exact) mass is 381 g/mol. The first-order valence-corrected chi connectivity index (χ1v) is 9.85. The predicted octanol–water partition coefficient (Wildman–Crippen LogP) is 3.64. The van der Waals surface area contributed by atoms with E-state index in [2.05, 4.69) is 5.32 Å². The van der Waals surface area contributed by atoms with Crippen LogP contribution >= 0.6 is 0 Å². The number of aliphatic carboxylic acids is 1. The topological polar surface area (TPSA) is 75.6 Å². The second kappa shape index (κ2) is 9.40. The van der Waals surface area contributed by atoms with Crippen LogP contribution in [0.3, 0.4) is 0 Å². The van der Waals surface area contributed by atoms with E-state index in [-0.39, 0.29) is 18.4 Å². The zero-order valence-corrected chi connectivity index (χ0v) is 16.1. The zero-order chi connectivity index (χ0) is 19.9. The van der Waals surface area contributed by atoms with Crippen molar-refractivity contribution in [3.05, 3.63) is 65.7 Å². The Balaban J connectivity index is 1.61. The number of carbonyl (C=O) groups is 2. The molecule has 5 heteroatoms. The van der Waals surface area contributed by atoms with Crippen LogP contribution in [0.4, 0.5) is 0 Å². The Morgan fingerprint density at radius 3 is 2.36 bits per heavy atom. The summed E-state index contributed by atoms with van der Waals surface area (Å²) in [5, 5.41) is 12.5. The molecule has 1 fully saturated rings. The number of rotatable bonds is 10. The maximum absolute atomic E-state index is 12.8. The van der Waals surface area contributed by atoms with E-state index in [1.54, 1.807) is 0 Å². The summed E-state index contributed by atoms with van der Waals surface area (Å²) in [5.41, 5.74) is 1.91. The molecule has 2 aromatic rings. The van der Waals surface area contributed by atoms with Crippen LogP contribution in [0.2, 0.25) is 0 Å². The summed E-state index contributed by atoms with van der Waals surface area (Å²) in [6.45, 7) is 2.63. The van der Waals surface area contributed by atoms with Crippen molar-refractivity contribution < 1.29 is 19.4 Å². The normalized spacial score (nSPS) is 15.5. The quantitative estimate of drug-likeness (QED) is 0.659. The smallest absolute Gasteiger partial charge is 0.308 e. The summed E-state index contributed by atoms with van der Waals surface area (Å²) in [6.07, 6.45) is 2.45. The first kappa shape index (κ1) is 19.9. The van der Waals surface area contributed by atoms with E-state index in [1.165, 1.54) is 0 Å². The minimum Gasteiger partial charge on any atom is -0.494 e. The summed E-state index contributed by atoms with van der Waals surface area (Å²) in [5.74, 6) is -0.722. The summed E-state index contributed by atoms with van der Waals surface area (Å²) >= 11 is 0. The second-order valence-corrected chi connectivity index (χ2v) is 7.29. The van der Waals surface area contributed by atoms with Gasteiger partial charge in [-0.05, 0) is 55.4 Å². The number of hydrogen-bond donors (Lipinski definition) is 2. The van der Waals surface area contributed by atoms with Crippen LogP contribution in [0.5, 0.6) is 5.75 Å². The molecule has 2 atom stereocenters. The van der Waals surface area contributed by atoms with Gasteiger partial charge in [0.15, 0.2) is 0 Å². The van der Waals surface area contributed by atoms with E-state index in [0.717, 1.165) is 29.7 Å². The zero-order valence-electron chi connectivity index (χ0n) is 16.1. The van der Waals surface area contributed by atoms with Gasteiger partial charge in [0.05, 0.1) is 18.4 Å². The standard InChI is InChI=1S/C23H27NO4/c1-2-28-20-12-8-16(9-13-20)14-19(23(26)27)15-24-22(25)21(18-10-11-18)17-6-4-3-5-7-17/h3-9,12-13,18-19,21H,2,10-11,14-15H2,1H3,(H,24,25)(H,26,27). The Hall–Kier alpha value is -2.82. The van der Waals surface area contributed by atoms with Gasteiger partial charge in [0.2, 0.25) is 5.91 Å². The maximum atomic E-state index is 12.8. The van der Waals surface area contributed by atoms with Gasteiger partial charge in [-0.2, -0.15) is 0 Å². The molecule has 0 aromatic heterocycles. The molecule has 0 spiro atoms. The molecular weight excluding hydrogens is 354 g/mol. The molecule has 5 nitrogen and oxygen atoms in total. The van der Waals surface area contributed by atoms with E-state index < -0.39 is 11.9 Å². The van der Waals surface area contributed by atoms with E-state index in [0.29, 0.717) is 18.9 Å². The Kier molecular flexibility index (Phi) is 6.69. The number of ether oxygens (including phenoxy) is 1. The lowest BCUT2D eigenvalue weighted by Crippen LogP contribution is -2.37.